The lowest BCUT2D eigenvalue weighted by molar-refractivity contribution is -0.131. The van der Waals surface area contributed by atoms with E-state index < -0.39 is 0 Å². The Morgan fingerprint density at radius 2 is 1.84 bits per heavy atom. The molecule has 0 aromatic heterocycles. The molecule has 25 heavy (non-hydrogen) atoms. The average Bonchev–Trinajstić information content (AvgIpc) is 2.61. The van der Waals surface area contributed by atoms with Crippen LogP contribution in [0.25, 0.3) is 0 Å². The van der Waals surface area contributed by atoms with Crippen molar-refractivity contribution >= 4 is 29.3 Å². The Balaban J connectivity index is 1.74. The monoisotopic (exact) mass is 363 g/mol. The first-order valence-electron chi connectivity index (χ1n) is 8.89. The van der Waals surface area contributed by atoms with Crippen LogP contribution < -0.4 is 11.1 Å². The number of anilines is 1. The second-order valence-corrected chi connectivity index (χ2v) is 8.22. The fraction of sp³-hybridized carbons (Fsp3) is 0.579. The lowest BCUT2D eigenvalue weighted by Gasteiger charge is -2.35. The molecular weight excluding hydrogens is 334 g/mol. The average molecular weight is 364 g/mol. The van der Waals surface area contributed by atoms with E-state index in [0.717, 1.165) is 37.2 Å². The molecule has 2 unspecified atom stereocenters. The Bertz CT molecular complexity index is 581. The first-order valence-corrected chi connectivity index (χ1v) is 9.94. The van der Waals surface area contributed by atoms with Gasteiger partial charge in [0.25, 0.3) is 0 Å². The molecule has 1 aliphatic rings. The number of likely N-dealkylation sites (tertiary alicyclic amines) is 1. The van der Waals surface area contributed by atoms with Crippen LogP contribution in [0.3, 0.4) is 0 Å². The molecule has 0 bridgehead atoms. The lowest BCUT2D eigenvalue weighted by atomic mass is 9.91. The van der Waals surface area contributed by atoms with Crippen molar-refractivity contribution in [2.75, 3.05) is 24.2 Å². The quantitative estimate of drug-likeness (QED) is 0.815. The maximum atomic E-state index is 12.5. The van der Waals surface area contributed by atoms with Crippen LogP contribution in [0.4, 0.5) is 5.69 Å². The number of nitrogens with one attached hydrogen (secondary N) is 1. The smallest absolute Gasteiger partial charge is 0.235 e. The molecule has 3 N–H and O–H groups in total. The minimum Gasteiger partial charge on any atom is -0.342 e. The fourth-order valence-electron chi connectivity index (χ4n) is 3.01. The minimum atomic E-state index is -0.212. The molecular formula is C19H29N3O2S. The minimum absolute atomic E-state index is 0.0795. The molecule has 0 radical (unpaired) electrons. The van der Waals surface area contributed by atoms with Crippen molar-refractivity contribution < 1.29 is 9.59 Å². The lowest BCUT2D eigenvalue weighted by Crippen LogP contribution is -2.45. The highest BCUT2D eigenvalue weighted by Gasteiger charge is 2.27. The van der Waals surface area contributed by atoms with Gasteiger partial charge < -0.3 is 16.0 Å². The summed E-state index contributed by atoms with van der Waals surface area (Å²) in [7, 11) is 0. The highest BCUT2D eigenvalue weighted by atomic mass is 32.2. The molecule has 1 aliphatic heterocycles. The summed E-state index contributed by atoms with van der Waals surface area (Å²) in [5.74, 6) is 0.824. The number of hydrogen-bond donors (Lipinski definition) is 2. The van der Waals surface area contributed by atoms with Gasteiger partial charge in [-0.25, -0.2) is 0 Å². The van der Waals surface area contributed by atoms with Crippen molar-refractivity contribution in [1.82, 2.24) is 4.90 Å². The number of nitrogens with two attached hydrogens (primary N) is 1. The van der Waals surface area contributed by atoms with Crippen LogP contribution >= 0.6 is 11.8 Å². The van der Waals surface area contributed by atoms with Crippen molar-refractivity contribution in [2.24, 2.45) is 11.7 Å². The van der Waals surface area contributed by atoms with Crippen molar-refractivity contribution in [1.29, 1.82) is 0 Å². The molecule has 138 valence electrons. The molecule has 1 aromatic carbocycles. The molecule has 6 heteroatoms. The second kappa shape index (κ2) is 9.25. The Hall–Kier alpha value is -1.53. The molecule has 2 rings (SSSR count). The number of thioether (sulfide) groups is 1. The van der Waals surface area contributed by atoms with Crippen molar-refractivity contribution in [3.8, 4) is 0 Å². The van der Waals surface area contributed by atoms with Crippen LogP contribution in [-0.2, 0) is 9.59 Å². The third-order valence-corrected chi connectivity index (χ3v) is 5.87. The number of benzene rings is 1. The zero-order valence-electron chi connectivity index (χ0n) is 15.3. The van der Waals surface area contributed by atoms with E-state index >= 15 is 0 Å². The van der Waals surface area contributed by atoms with E-state index in [1.165, 1.54) is 11.8 Å². The van der Waals surface area contributed by atoms with Gasteiger partial charge in [0, 0.05) is 24.8 Å². The van der Waals surface area contributed by atoms with Gasteiger partial charge >= 0.3 is 0 Å². The summed E-state index contributed by atoms with van der Waals surface area (Å²) in [5, 5.41) is 2.65. The molecule has 2 atom stereocenters. The summed E-state index contributed by atoms with van der Waals surface area (Å²) in [4.78, 5) is 26.5. The topological polar surface area (TPSA) is 75.4 Å². The maximum Gasteiger partial charge on any atom is 0.235 e. The Kier molecular flexibility index (Phi) is 7.32. The van der Waals surface area contributed by atoms with Crippen molar-refractivity contribution in [2.45, 2.75) is 44.9 Å². The van der Waals surface area contributed by atoms with Gasteiger partial charge in [0.15, 0.2) is 0 Å². The van der Waals surface area contributed by atoms with Gasteiger partial charge in [0.1, 0.15) is 0 Å². The predicted molar refractivity (Wildman–Crippen MR) is 105 cm³/mol. The predicted octanol–water partition coefficient (Wildman–Crippen LogP) is 2.64. The summed E-state index contributed by atoms with van der Waals surface area (Å²) in [5.41, 5.74) is 7.89. The van der Waals surface area contributed by atoms with E-state index in [1.54, 1.807) is 0 Å². The van der Waals surface area contributed by atoms with Gasteiger partial charge in [-0.15, -0.1) is 11.8 Å². The molecule has 1 aromatic rings. The van der Waals surface area contributed by atoms with E-state index in [1.807, 2.05) is 49.9 Å². The van der Waals surface area contributed by atoms with Crippen LogP contribution in [0.15, 0.2) is 24.3 Å². The van der Waals surface area contributed by atoms with E-state index in [4.69, 9.17) is 5.73 Å². The van der Waals surface area contributed by atoms with Crippen LogP contribution in [0.1, 0.15) is 32.3 Å². The largest absolute Gasteiger partial charge is 0.342 e. The zero-order chi connectivity index (χ0) is 18.4. The maximum absolute atomic E-state index is 12.5. The van der Waals surface area contributed by atoms with Gasteiger partial charge in [-0.3, -0.25) is 9.59 Å². The molecule has 1 saturated heterocycles. The van der Waals surface area contributed by atoms with Gasteiger partial charge in [-0.05, 0) is 51.7 Å². The molecule has 2 amide bonds. The Labute approximate surface area is 154 Å². The van der Waals surface area contributed by atoms with Crippen molar-refractivity contribution in [3.05, 3.63) is 29.8 Å². The Morgan fingerprint density at radius 3 is 2.40 bits per heavy atom. The van der Waals surface area contributed by atoms with E-state index in [2.05, 4.69) is 5.32 Å². The molecule has 1 heterocycles. The van der Waals surface area contributed by atoms with Gasteiger partial charge in [-0.2, -0.15) is 0 Å². The van der Waals surface area contributed by atoms with Crippen LogP contribution in [0.2, 0.25) is 0 Å². The second-order valence-electron chi connectivity index (χ2n) is 6.89. The number of carbonyl (C=O) groups is 2. The van der Waals surface area contributed by atoms with Gasteiger partial charge in [0.2, 0.25) is 11.8 Å². The number of hydrogen-bond acceptors (Lipinski definition) is 4. The summed E-state index contributed by atoms with van der Waals surface area (Å²) < 4.78 is 0. The number of piperidine rings is 1. The van der Waals surface area contributed by atoms with E-state index in [0.29, 0.717) is 5.92 Å². The number of amides is 2. The van der Waals surface area contributed by atoms with Crippen LogP contribution in [-0.4, -0.2) is 46.8 Å². The third kappa shape index (κ3) is 6.04. The van der Waals surface area contributed by atoms with E-state index in [-0.39, 0.29) is 28.9 Å². The molecule has 1 fully saturated rings. The summed E-state index contributed by atoms with van der Waals surface area (Å²) >= 11 is 1.39. The normalized spacial score (nSPS) is 17.8. The van der Waals surface area contributed by atoms with E-state index in [9.17, 15) is 9.59 Å². The van der Waals surface area contributed by atoms with Gasteiger partial charge in [-0.1, -0.05) is 17.7 Å². The zero-order valence-corrected chi connectivity index (χ0v) is 16.1. The highest BCUT2D eigenvalue weighted by Crippen LogP contribution is 2.22. The fourth-order valence-corrected chi connectivity index (χ4v) is 3.77. The van der Waals surface area contributed by atoms with Crippen LogP contribution in [0.5, 0.6) is 0 Å². The SMILES string of the molecule is Cc1ccc(NC(=O)CSC(C)C(=O)N2CCC(C(C)N)CC2)cc1. The summed E-state index contributed by atoms with van der Waals surface area (Å²) in [6.45, 7) is 7.46. The third-order valence-electron chi connectivity index (χ3n) is 4.74. The molecule has 0 saturated carbocycles. The first kappa shape index (κ1) is 19.8. The molecule has 0 aliphatic carbocycles. The first-order chi connectivity index (χ1) is 11.9. The number of rotatable bonds is 6. The summed E-state index contributed by atoms with van der Waals surface area (Å²) in [6.07, 6.45) is 1.93. The number of aryl methyl sites for hydroxylation is 1. The summed E-state index contributed by atoms with van der Waals surface area (Å²) in [6, 6.07) is 7.88. The van der Waals surface area contributed by atoms with Crippen molar-refractivity contribution in [3.63, 3.8) is 0 Å². The standard InChI is InChI=1S/C19H29N3O2S/c1-13-4-6-17(7-5-13)21-18(23)12-25-15(3)19(24)22-10-8-16(9-11-22)14(2)20/h4-7,14-16H,8-12,20H2,1-3H3,(H,21,23). The van der Waals surface area contributed by atoms with Gasteiger partial charge in [0.05, 0.1) is 11.0 Å². The number of carbonyl (C=O) groups excluding carboxylic acids is 2. The van der Waals surface area contributed by atoms with Crippen LogP contribution in [0, 0.1) is 12.8 Å². The number of nitrogens with zero attached hydrogens (tertiary/aromatic N) is 1. The molecule has 5 nitrogen and oxygen atoms in total. The molecule has 0 spiro atoms. The highest BCUT2D eigenvalue weighted by molar-refractivity contribution is 8.01. The Morgan fingerprint density at radius 1 is 1.24 bits per heavy atom.